The minimum Gasteiger partial charge on any atom is -0.294 e. The molecule has 1 aliphatic rings. The van der Waals surface area contributed by atoms with Gasteiger partial charge in [-0.1, -0.05) is 46.8 Å². The molecule has 15 heavy (non-hydrogen) atoms. The van der Waals surface area contributed by atoms with Gasteiger partial charge in [-0.2, -0.15) is 0 Å². The average Bonchev–Trinajstić information content (AvgIpc) is 2.11. The second-order valence-electron chi connectivity index (χ2n) is 4.05. The third kappa shape index (κ3) is 2.61. The third-order valence-corrected chi connectivity index (χ3v) is 3.74. The van der Waals surface area contributed by atoms with Gasteiger partial charge in [-0.15, -0.1) is 0 Å². The van der Waals surface area contributed by atoms with E-state index >= 15 is 0 Å². The van der Waals surface area contributed by atoms with E-state index in [0.29, 0.717) is 22.9 Å². The lowest BCUT2D eigenvalue weighted by atomic mass is 9.81. The molecule has 3 heteroatoms. The highest BCUT2D eigenvalue weighted by Gasteiger charge is 2.22. The van der Waals surface area contributed by atoms with Crippen LogP contribution in [0.2, 0.25) is 5.02 Å². The maximum atomic E-state index is 11.9. The summed E-state index contributed by atoms with van der Waals surface area (Å²) < 4.78 is 0.910. The molecule has 0 heterocycles. The molecule has 0 unspecified atom stereocenters. The lowest BCUT2D eigenvalue weighted by Crippen LogP contribution is -2.16. The molecule has 80 valence electrons. The molecular formula is C12H12BrClO. The summed E-state index contributed by atoms with van der Waals surface area (Å²) >= 11 is 9.34. The number of hydrogen-bond acceptors (Lipinski definition) is 1. The summed E-state index contributed by atoms with van der Waals surface area (Å²) in [6.45, 7) is 0. The first-order valence-electron chi connectivity index (χ1n) is 5.15. The molecule has 1 fully saturated rings. The van der Waals surface area contributed by atoms with E-state index in [9.17, 15) is 4.79 Å². The van der Waals surface area contributed by atoms with Gasteiger partial charge < -0.3 is 0 Å². The van der Waals surface area contributed by atoms with Crippen LogP contribution in [0.3, 0.4) is 0 Å². The van der Waals surface area contributed by atoms with Crippen LogP contribution in [-0.2, 0) is 0 Å². The zero-order valence-corrected chi connectivity index (χ0v) is 10.6. The van der Waals surface area contributed by atoms with Crippen LogP contribution in [0.15, 0.2) is 22.7 Å². The van der Waals surface area contributed by atoms with E-state index in [4.69, 9.17) is 11.6 Å². The number of hydrogen-bond donors (Lipinski definition) is 0. The molecule has 0 atom stereocenters. The minimum absolute atomic E-state index is 0.178. The standard InChI is InChI=1S/C12H12BrClO/c13-9-4-5-10(11(14)7-9)12(15)6-8-2-1-3-8/h4-5,7-8H,1-3,6H2. The van der Waals surface area contributed by atoms with Crippen LogP contribution in [-0.4, -0.2) is 5.78 Å². The predicted molar refractivity (Wildman–Crippen MR) is 65.4 cm³/mol. The van der Waals surface area contributed by atoms with Gasteiger partial charge in [-0.3, -0.25) is 4.79 Å². The second-order valence-corrected chi connectivity index (χ2v) is 5.37. The maximum Gasteiger partial charge on any atom is 0.164 e. The van der Waals surface area contributed by atoms with Crippen molar-refractivity contribution < 1.29 is 4.79 Å². The van der Waals surface area contributed by atoms with Gasteiger partial charge in [0.25, 0.3) is 0 Å². The Morgan fingerprint density at radius 3 is 2.73 bits per heavy atom. The molecule has 0 amide bonds. The number of ketones is 1. The number of Topliss-reactive ketones (excluding diaryl/α,β-unsaturated/α-hetero) is 1. The molecule has 1 aromatic carbocycles. The SMILES string of the molecule is O=C(CC1CCC1)c1ccc(Br)cc1Cl. The molecule has 1 nitrogen and oxygen atoms in total. The highest BCUT2D eigenvalue weighted by Crippen LogP contribution is 2.32. The van der Waals surface area contributed by atoms with Crippen molar-refractivity contribution in [3.05, 3.63) is 33.3 Å². The van der Waals surface area contributed by atoms with Crippen LogP contribution in [0.4, 0.5) is 0 Å². The van der Waals surface area contributed by atoms with Gasteiger partial charge in [0.1, 0.15) is 0 Å². The molecule has 1 aliphatic carbocycles. The summed E-state index contributed by atoms with van der Waals surface area (Å²) in [5.74, 6) is 0.773. The summed E-state index contributed by atoms with van der Waals surface area (Å²) in [6, 6.07) is 5.43. The maximum absolute atomic E-state index is 11.9. The van der Waals surface area contributed by atoms with E-state index < -0.39 is 0 Å². The Bertz CT molecular complexity index is 385. The molecule has 0 aromatic heterocycles. The van der Waals surface area contributed by atoms with E-state index in [0.717, 1.165) is 4.47 Å². The number of carbonyl (C=O) groups is 1. The Balaban J connectivity index is 2.10. The van der Waals surface area contributed by atoms with E-state index in [2.05, 4.69) is 15.9 Å². The zero-order valence-electron chi connectivity index (χ0n) is 8.30. The van der Waals surface area contributed by atoms with E-state index in [1.807, 2.05) is 6.07 Å². The first kappa shape index (κ1) is 11.2. The number of benzene rings is 1. The van der Waals surface area contributed by atoms with Gasteiger partial charge >= 0.3 is 0 Å². The predicted octanol–water partition coefficient (Wildman–Crippen LogP) is 4.48. The Labute approximate surface area is 103 Å². The van der Waals surface area contributed by atoms with Crippen molar-refractivity contribution in [1.29, 1.82) is 0 Å². The fourth-order valence-corrected chi connectivity index (χ4v) is 2.56. The highest BCUT2D eigenvalue weighted by molar-refractivity contribution is 9.10. The first-order chi connectivity index (χ1) is 7.16. The average molecular weight is 288 g/mol. The number of rotatable bonds is 3. The van der Waals surface area contributed by atoms with Gasteiger partial charge in [-0.05, 0) is 24.1 Å². The molecule has 0 N–H and O–H groups in total. The van der Waals surface area contributed by atoms with Gasteiger partial charge in [0.15, 0.2) is 5.78 Å². The topological polar surface area (TPSA) is 17.1 Å². The Hall–Kier alpha value is -0.340. The van der Waals surface area contributed by atoms with Crippen LogP contribution < -0.4 is 0 Å². The summed E-state index contributed by atoms with van der Waals surface area (Å²) in [5.41, 5.74) is 0.659. The molecule has 2 rings (SSSR count). The molecule has 0 saturated heterocycles. The van der Waals surface area contributed by atoms with Crippen LogP contribution in [0.1, 0.15) is 36.0 Å². The lowest BCUT2D eigenvalue weighted by Gasteiger charge is -2.24. The van der Waals surface area contributed by atoms with Gasteiger partial charge in [0.2, 0.25) is 0 Å². The smallest absolute Gasteiger partial charge is 0.164 e. The molecule has 0 aliphatic heterocycles. The molecule has 1 saturated carbocycles. The fraction of sp³-hybridized carbons (Fsp3) is 0.417. The van der Waals surface area contributed by atoms with Crippen molar-refractivity contribution in [2.75, 3.05) is 0 Å². The number of carbonyl (C=O) groups excluding carboxylic acids is 1. The number of halogens is 2. The summed E-state index contributed by atoms with van der Waals surface area (Å²) in [6.07, 6.45) is 4.31. The van der Waals surface area contributed by atoms with Crippen LogP contribution in [0.5, 0.6) is 0 Å². The fourth-order valence-electron chi connectivity index (χ4n) is 1.78. The van der Waals surface area contributed by atoms with Crippen LogP contribution in [0, 0.1) is 5.92 Å². The van der Waals surface area contributed by atoms with E-state index in [1.165, 1.54) is 19.3 Å². The molecular weight excluding hydrogens is 275 g/mol. The Kier molecular flexibility index (Phi) is 3.47. The van der Waals surface area contributed by atoms with Crippen LogP contribution in [0.25, 0.3) is 0 Å². The van der Waals surface area contributed by atoms with Crippen molar-refractivity contribution >= 4 is 33.3 Å². The van der Waals surface area contributed by atoms with Crippen LogP contribution >= 0.6 is 27.5 Å². The highest BCUT2D eigenvalue weighted by atomic mass is 79.9. The van der Waals surface area contributed by atoms with Crippen molar-refractivity contribution in [1.82, 2.24) is 0 Å². The monoisotopic (exact) mass is 286 g/mol. The third-order valence-electron chi connectivity index (χ3n) is 2.93. The molecule has 0 spiro atoms. The van der Waals surface area contributed by atoms with E-state index in [1.54, 1.807) is 12.1 Å². The van der Waals surface area contributed by atoms with Gasteiger partial charge in [0, 0.05) is 16.5 Å². The largest absolute Gasteiger partial charge is 0.294 e. The minimum atomic E-state index is 0.178. The van der Waals surface area contributed by atoms with Crippen molar-refractivity contribution in [2.45, 2.75) is 25.7 Å². The Morgan fingerprint density at radius 1 is 1.47 bits per heavy atom. The van der Waals surface area contributed by atoms with Crippen molar-refractivity contribution in [3.8, 4) is 0 Å². The summed E-state index contributed by atoms with van der Waals surface area (Å²) in [5, 5.41) is 0.550. The summed E-state index contributed by atoms with van der Waals surface area (Å²) in [4.78, 5) is 11.9. The molecule has 1 aromatic rings. The van der Waals surface area contributed by atoms with Gasteiger partial charge in [0.05, 0.1) is 5.02 Å². The van der Waals surface area contributed by atoms with Gasteiger partial charge in [-0.25, -0.2) is 0 Å². The van der Waals surface area contributed by atoms with Crippen molar-refractivity contribution in [3.63, 3.8) is 0 Å². The quantitative estimate of drug-likeness (QED) is 0.749. The van der Waals surface area contributed by atoms with Crippen molar-refractivity contribution in [2.24, 2.45) is 5.92 Å². The second kappa shape index (κ2) is 4.67. The zero-order chi connectivity index (χ0) is 10.8. The lowest BCUT2D eigenvalue weighted by molar-refractivity contribution is 0.0936. The Morgan fingerprint density at radius 2 is 2.20 bits per heavy atom. The molecule has 0 bridgehead atoms. The van der Waals surface area contributed by atoms with E-state index in [-0.39, 0.29) is 5.78 Å². The summed E-state index contributed by atoms with van der Waals surface area (Å²) in [7, 11) is 0. The first-order valence-corrected chi connectivity index (χ1v) is 6.32. The molecule has 0 radical (unpaired) electrons. The normalized spacial score (nSPS) is 16.1.